The van der Waals surface area contributed by atoms with Gasteiger partial charge in [-0.15, -0.1) is 11.3 Å². The van der Waals surface area contributed by atoms with Crippen LogP contribution in [-0.2, 0) is 10.4 Å². The summed E-state index contributed by atoms with van der Waals surface area (Å²) in [4.78, 5) is 21.5. The number of nitrogens with zero attached hydrogens (tertiary/aromatic N) is 3. The summed E-state index contributed by atoms with van der Waals surface area (Å²) in [6.07, 6.45) is 0.354. The fourth-order valence-electron chi connectivity index (χ4n) is 4.53. The zero-order valence-electron chi connectivity index (χ0n) is 20.6. The average Bonchev–Trinajstić information content (AvgIpc) is 3.38. The lowest BCUT2D eigenvalue weighted by Gasteiger charge is -2.31. The van der Waals surface area contributed by atoms with Gasteiger partial charge in [-0.05, 0) is 48.4 Å². The Labute approximate surface area is 219 Å². The zero-order valence-corrected chi connectivity index (χ0v) is 21.5. The van der Waals surface area contributed by atoms with Gasteiger partial charge in [0.05, 0.1) is 24.6 Å². The summed E-state index contributed by atoms with van der Waals surface area (Å²) in [6.45, 7) is 5.04. The van der Waals surface area contributed by atoms with Gasteiger partial charge >= 0.3 is 0 Å². The van der Waals surface area contributed by atoms with E-state index in [2.05, 4.69) is 17.0 Å². The molecule has 37 heavy (non-hydrogen) atoms. The molecular weight excluding hydrogens is 487 g/mol. The van der Waals surface area contributed by atoms with Crippen LogP contribution in [0.2, 0.25) is 0 Å². The molecule has 0 saturated carbocycles. The molecule has 2 heterocycles. The molecule has 1 unspecified atom stereocenters. The standard InChI is InChI=1S/C29H29FN4O2S/c1-2-29(31,27(35)22-6-4-3-5-7-22)34-26(20-37-28(34)32-24-12-10-23(30)11-13-24)21-8-14-25(15-9-21)33-16-18-36-19-17-33/h3-15,20H,2,16-19,31H2,1H3. The molecule has 1 saturated heterocycles. The number of aromatic nitrogens is 1. The normalized spacial score (nSPS) is 16.0. The Balaban J connectivity index is 1.64. The number of nitrogens with two attached hydrogens (primary N) is 1. The first-order valence-electron chi connectivity index (χ1n) is 12.3. The van der Waals surface area contributed by atoms with E-state index in [0.717, 1.165) is 30.0 Å². The molecule has 1 atom stereocenters. The Morgan fingerprint density at radius 1 is 1.03 bits per heavy atom. The number of anilines is 1. The van der Waals surface area contributed by atoms with Crippen molar-refractivity contribution in [2.45, 2.75) is 19.0 Å². The van der Waals surface area contributed by atoms with Gasteiger partial charge in [-0.2, -0.15) is 0 Å². The van der Waals surface area contributed by atoms with Crippen molar-refractivity contribution in [1.29, 1.82) is 0 Å². The van der Waals surface area contributed by atoms with E-state index in [4.69, 9.17) is 15.5 Å². The van der Waals surface area contributed by atoms with E-state index in [-0.39, 0.29) is 11.6 Å². The summed E-state index contributed by atoms with van der Waals surface area (Å²) in [5.74, 6) is -0.527. The fourth-order valence-corrected chi connectivity index (χ4v) is 5.51. The number of rotatable bonds is 7. The number of morpholine rings is 1. The number of benzene rings is 3. The molecule has 0 aliphatic carbocycles. The summed E-state index contributed by atoms with van der Waals surface area (Å²) in [6, 6.07) is 23.3. The largest absolute Gasteiger partial charge is 0.378 e. The Morgan fingerprint density at radius 2 is 1.70 bits per heavy atom. The highest BCUT2D eigenvalue weighted by Crippen LogP contribution is 2.30. The van der Waals surface area contributed by atoms with Crippen LogP contribution in [0.25, 0.3) is 11.3 Å². The van der Waals surface area contributed by atoms with Gasteiger partial charge in [-0.1, -0.05) is 49.4 Å². The van der Waals surface area contributed by atoms with Crippen LogP contribution in [-0.4, -0.2) is 36.7 Å². The predicted molar refractivity (Wildman–Crippen MR) is 146 cm³/mol. The minimum Gasteiger partial charge on any atom is -0.378 e. The molecule has 8 heteroatoms. The number of Topliss-reactive ketones (excluding diaryl/α,β-unsaturated/α-hetero) is 1. The SMILES string of the molecule is CCC(N)(C(=O)c1ccccc1)n1c(-c2ccc(N3CCOCC3)cc2)csc1=Nc1ccc(F)cc1. The number of thiazole rings is 1. The smallest absolute Gasteiger partial charge is 0.203 e. The average molecular weight is 517 g/mol. The number of carbonyl (C=O) groups is 1. The molecule has 2 N–H and O–H groups in total. The summed E-state index contributed by atoms with van der Waals surface area (Å²) < 4.78 is 20.8. The van der Waals surface area contributed by atoms with Gasteiger partial charge in [0.25, 0.3) is 0 Å². The second-order valence-electron chi connectivity index (χ2n) is 8.95. The van der Waals surface area contributed by atoms with E-state index >= 15 is 0 Å². The van der Waals surface area contributed by atoms with Crippen LogP contribution in [0.15, 0.2) is 89.2 Å². The fraction of sp³-hybridized carbons (Fsp3) is 0.241. The van der Waals surface area contributed by atoms with Crippen molar-refractivity contribution in [2.75, 3.05) is 31.2 Å². The van der Waals surface area contributed by atoms with E-state index < -0.39 is 5.66 Å². The number of hydrogen-bond acceptors (Lipinski definition) is 6. The number of hydrogen-bond donors (Lipinski definition) is 1. The van der Waals surface area contributed by atoms with Crippen molar-refractivity contribution in [3.63, 3.8) is 0 Å². The maximum Gasteiger partial charge on any atom is 0.203 e. The van der Waals surface area contributed by atoms with Crippen LogP contribution in [0.5, 0.6) is 0 Å². The van der Waals surface area contributed by atoms with Crippen LogP contribution >= 0.6 is 11.3 Å². The molecule has 1 fully saturated rings. The van der Waals surface area contributed by atoms with Crippen LogP contribution < -0.4 is 15.4 Å². The molecule has 190 valence electrons. The Morgan fingerprint density at radius 3 is 2.35 bits per heavy atom. The molecule has 3 aromatic carbocycles. The lowest BCUT2D eigenvalue weighted by Crippen LogP contribution is -2.53. The van der Waals surface area contributed by atoms with E-state index in [0.29, 0.717) is 35.7 Å². The summed E-state index contributed by atoms with van der Waals surface area (Å²) in [7, 11) is 0. The van der Waals surface area contributed by atoms with Gasteiger partial charge in [0.1, 0.15) is 5.82 Å². The molecule has 1 aromatic heterocycles. The lowest BCUT2D eigenvalue weighted by atomic mass is 9.95. The molecule has 5 rings (SSSR count). The summed E-state index contributed by atoms with van der Waals surface area (Å²) >= 11 is 1.40. The van der Waals surface area contributed by atoms with Gasteiger partial charge in [-0.3, -0.25) is 9.36 Å². The van der Waals surface area contributed by atoms with Crippen molar-refractivity contribution < 1.29 is 13.9 Å². The quantitative estimate of drug-likeness (QED) is 0.337. The van der Waals surface area contributed by atoms with E-state index in [1.807, 2.05) is 47.2 Å². The molecule has 0 amide bonds. The van der Waals surface area contributed by atoms with Gasteiger partial charge in [0.15, 0.2) is 10.5 Å². The van der Waals surface area contributed by atoms with Crippen LogP contribution in [0.4, 0.5) is 15.8 Å². The lowest BCUT2D eigenvalue weighted by molar-refractivity contribution is 0.0802. The Hall–Kier alpha value is -3.59. The predicted octanol–water partition coefficient (Wildman–Crippen LogP) is 5.33. The molecule has 1 aliphatic rings. The Kier molecular flexibility index (Phi) is 7.32. The van der Waals surface area contributed by atoms with Gasteiger partial charge in [-0.25, -0.2) is 9.38 Å². The van der Waals surface area contributed by atoms with Crippen molar-refractivity contribution in [3.8, 4) is 11.3 Å². The highest BCUT2D eigenvalue weighted by atomic mass is 32.1. The molecule has 6 nitrogen and oxygen atoms in total. The maximum absolute atomic E-state index is 13.8. The van der Waals surface area contributed by atoms with Gasteiger partial charge in [0, 0.05) is 29.7 Å². The molecular formula is C29H29FN4O2S. The molecule has 1 aliphatic heterocycles. The van der Waals surface area contributed by atoms with Crippen molar-refractivity contribution in [1.82, 2.24) is 4.57 Å². The summed E-state index contributed by atoms with van der Waals surface area (Å²) in [5, 5.41) is 1.97. The van der Waals surface area contributed by atoms with Crippen LogP contribution in [0.1, 0.15) is 23.7 Å². The first-order valence-corrected chi connectivity index (χ1v) is 13.2. The number of ketones is 1. The van der Waals surface area contributed by atoms with Crippen LogP contribution in [0, 0.1) is 5.82 Å². The zero-order chi connectivity index (χ0) is 25.8. The third-order valence-corrected chi connectivity index (χ3v) is 7.49. The second-order valence-corrected chi connectivity index (χ2v) is 9.78. The van der Waals surface area contributed by atoms with Crippen molar-refractivity contribution in [2.24, 2.45) is 10.7 Å². The molecule has 4 aromatic rings. The highest BCUT2D eigenvalue weighted by Gasteiger charge is 2.37. The van der Waals surface area contributed by atoms with E-state index in [1.54, 1.807) is 24.3 Å². The second kappa shape index (κ2) is 10.8. The number of halogens is 1. The van der Waals surface area contributed by atoms with E-state index in [9.17, 15) is 9.18 Å². The minimum atomic E-state index is -1.38. The highest BCUT2D eigenvalue weighted by molar-refractivity contribution is 7.07. The first-order chi connectivity index (χ1) is 18.0. The van der Waals surface area contributed by atoms with Crippen LogP contribution in [0.3, 0.4) is 0 Å². The van der Waals surface area contributed by atoms with Gasteiger partial charge in [0.2, 0.25) is 5.78 Å². The van der Waals surface area contributed by atoms with Gasteiger partial charge < -0.3 is 15.4 Å². The monoisotopic (exact) mass is 516 g/mol. The minimum absolute atomic E-state index is 0.194. The molecule has 0 spiro atoms. The molecule has 0 bridgehead atoms. The first kappa shape index (κ1) is 25.1. The van der Waals surface area contributed by atoms with Crippen molar-refractivity contribution in [3.05, 3.63) is 100 Å². The Bertz CT molecular complexity index is 1430. The maximum atomic E-state index is 13.8. The molecule has 0 radical (unpaired) electrons. The van der Waals surface area contributed by atoms with E-state index in [1.165, 1.54) is 23.5 Å². The third-order valence-electron chi connectivity index (χ3n) is 6.67. The summed E-state index contributed by atoms with van der Waals surface area (Å²) in [5.41, 5.74) is 9.57. The number of ether oxygens (including phenoxy) is 1. The topological polar surface area (TPSA) is 72.9 Å². The third kappa shape index (κ3) is 5.13. The number of carbonyl (C=O) groups excluding carboxylic acids is 1. The van der Waals surface area contributed by atoms with Crippen molar-refractivity contribution >= 4 is 28.5 Å².